The molecular weight excluding hydrogens is 300 g/mol. The Kier molecular flexibility index (Phi) is 33.5. The van der Waals surface area contributed by atoms with E-state index in [2.05, 4.69) is 20.4 Å². The highest BCUT2D eigenvalue weighted by Crippen LogP contribution is 2.29. The Balaban J connectivity index is -0.000000152. The van der Waals surface area contributed by atoms with Gasteiger partial charge in [0.1, 0.15) is 0 Å². The predicted octanol–water partition coefficient (Wildman–Crippen LogP) is 7.16. The molecule has 0 fully saturated rings. The van der Waals surface area contributed by atoms with Gasteiger partial charge in [0.2, 0.25) is 0 Å². The average Bonchev–Trinajstić information content (AvgIpc) is 2.65. The molecule has 0 aliphatic carbocycles. The van der Waals surface area contributed by atoms with Crippen LogP contribution in [0.25, 0.3) is 0 Å². The van der Waals surface area contributed by atoms with Crippen LogP contribution in [0.2, 0.25) is 0 Å². The molecule has 1 aromatic carbocycles. The SMILES string of the molecule is C=CC.CC.CC.CCCC.COc1cc(C(C)OC)ccc1O. The smallest absolute Gasteiger partial charge is 0.160 e. The molecule has 0 amide bonds. The van der Waals surface area contributed by atoms with Crippen LogP contribution in [0, 0.1) is 0 Å². The van der Waals surface area contributed by atoms with E-state index in [0.717, 1.165) is 5.56 Å². The van der Waals surface area contributed by atoms with E-state index in [9.17, 15) is 5.11 Å². The molecule has 0 aromatic heterocycles. The number of hydrogen-bond acceptors (Lipinski definition) is 3. The number of hydrogen-bond donors (Lipinski definition) is 1. The van der Waals surface area contributed by atoms with Crippen molar-refractivity contribution >= 4 is 0 Å². The normalized spacial score (nSPS) is 9.08. The molecule has 0 aliphatic heterocycles. The molecule has 1 unspecified atom stereocenters. The molecule has 3 nitrogen and oxygen atoms in total. The summed E-state index contributed by atoms with van der Waals surface area (Å²) < 4.78 is 10.1. The molecule has 144 valence electrons. The molecule has 0 heterocycles. The molecule has 0 bridgehead atoms. The van der Waals surface area contributed by atoms with Crippen LogP contribution in [0.3, 0.4) is 0 Å². The standard InChI is InChI=1S/C10H14O3.C4H10.C3H6.2C2H6/c1-7(12-2)8-4-5-9(11)10(6-8)13-3;1-3-4-2;1-3-2;2*1-2/h4-7,11H,1-3H3;3-4H2,1-2H3;3H,1H2,2H3;2*1-2H3. The number of benzene rings is 1. The van der Waals surface area contributed by atoms with Gasteiger partial charge < -0.3 is 14.6 Å². The first-order valence-electron chi connectivity index (χ1n) is 8.98. The van der Waals surface area contributed by atoms with Gasteiger partial charge in [-0.2, -0.15) is 0 Å². The van der Waals surface area contributed by atoms with Crippen molar-refractivity contribution in [3.63, 3.8) is 0 Å². The summed E-state index contributed by atoms with van der Waals surface area (Å²) in [5.74, 6) is 0.621. The zero-order chi connectivity index (χ0) is 20.0. The summed E-state index contributed by atoms with van der Waals surface area (Å²) in [6.07, 6.45) is 4.40. The molecule has 0 aliphatic rings. The first-order chi connectivity index (χ1) is 11.5. The predicted molar refractivity (Wildman–Crippen MR) is 109 cm³/mol. The Hall–Kier alpha value is -1.48. The Morgan fingerprint density at radius 3 is 1.79 bits per heavy atom. The zero-order valence-corrected chi connectivity index (χ0v) is 17.8. The van der Waals surface area contributed by atoms with Crippen LogP contribution in [0.15, 0.2) is 30.9 Å². The van der Waals surface area contributed by atoms with Gasteiger partial charge in [-0.1, -0.05) is 66.5 Å². The number of aromatic hydroxyl groups is 1. The second-order valence-corrected chi connectivity index (χ2v) is 4.22. The van der Waals surface area contributed by atoms with Crippen molar-refractivity contribution in [3.05, 3.63) is 36.4 Å². The molecule has 24 heavy (non-hydrogen) atoms. The molecule has 3 heteroatoms. The van der Waals surface area contributed by atoms with E-state index >= 15 is 0 Å². The van der Waals surface area contributed by atoms with Crippen molar-refractivity contribution in [2.75, 3.05) is 14.2 Å². The maximum atomic E-state index is 9.32. The summed E-state index contributed by atoms with van der Waals surface area (Å²) in [5, 5.41) is 9.32. The van der Waals surface area contributed by atoms with E-state index in [4.69, 9.17) is 9.47 Å². The van der Waals surface area contributed by atoms with Crippen LogP contribution in [0.5, 0.6) is 11.5 Å². The monoisotopic (exact) mass is 342 g/mol. The van der Waals surface area contributed by atoms with E-state index in [1.54, 1.807) is 25.3 Å². The fourth-order valence-electron chi connectivity index (χ4n) is 1.08. The van der Waals surface area contributed by atoms with Gasteiger partial charge in [-0.25, -0.2) is 0 Å². The molecular formula is C21H42O3. The van der Waals surface area contributed by atoms with Crippen molar-refractivity contribution in [2.24, 2.45) is 0 Å². The second kappa shape index (κ2) is 26.4. The van der Waals surface area contributed by atoms with Crippen molar-refractivity contribution < 1.29 is 14.6 Å². The van der Waals surface area contributed by atoms with Crippen molar-refractivity contribution in [1.29, 1.82) is 0 Å². The van der Waals surface area contributed by atoms with Crippen molar-refractivity contribution in [1.82, 2.24) is 0 Å². The van der Waals surface area contributed by atoms with E-state index in [0.29, 0.717) is 5.75 Å². The highest BCUT2D eigenvalue weighted by atomic mass is 16.5. The Labute approximate surface area is 151 Å². The summed E-state index contributed by atoms with van der Waals surface area (Å²) in [4.78, 5) is 0. The third-order valence-corrected chi connectivity index (χ3v) is 2.53. The lowest BCUT2D eigenvalue weighted by molar-refractivity contribution is 0.119. The summed E-state index contributed by atoms with van der Waals surface area (Å²) in [6, 6.07) is 5.18. The number of phenols is 1. The van der Waals surface area contributed by atoms with Gasteiger partial charge in [-0.15, -0.1) is 6.58 Å². The van der Waals surface area contributed by atoms with Crippen LogP contribution in [0.4, 0.5) is 0 Å². The lowest BCUT2D eigenvalue weighted by Crippen LogP contribution is -1.96. The Bertz CT molecular complexity index is 347. The zero-order valence-electron chi connectivity index (χ0n) is 17.8. The minimum atomic E-state index is 0.00880. The minimum Gasteiger partial charge on any atom is -0.504 e. The van der Waals surface area contributed by atoms with Gasteiger partial charge in [0.05, 0.1) is 13.2 Å². The van der Waals surface area contributed by atoms with Crippen LogP contribution in [-0.2, 0) is 4.74 Å². The number of phenolic OH excluding ortho intramolecular Hbond substituents is 1. The fraction of sp³-hybridized carbons (Fsp3) is 0.619. The minimum absolute atomic E-state index is 0.00880. The molecule has 1 aromatic rings. The van der Waals surface area contributed by atoms with Gasteiger partial charge in [-0.05, 0) is 31.5 Å². The summed E-state index contributed by atoms with van der Waals surface area (Å²) >= 11 is 0. The number of methoxy groups -OCH3 is 2. The average molecular weight is 343 g/mol. The van der Waals surface area contributed by atoms with Gasteiger partial charge in [0, 0.05) is 7.11 Å². The topological polar surface area (TPSA) is 38.7 Å². The lowest BCUT2D eigenvalue weighted by atomic mass is 10.1. The van der Waals surface area contributed by atoms with E-state index < -0.39 is 0 Å². The summed E-state index contributed by atoms with van der Waals surface area (Å²) in [5.41, 5.74) is 0.983. The van der Waals surface area contributed by atoms with Gasteiger partial charge in [0.15, 0.2) is 11.5 Å². The van der Waals surface area contributed by atoms with Gasteiger partial charge >= 0.3 is 0 Å². The van der Waals surface area contributed by atoms with Crippen LogP contribution >= 0.6 is 0 Å². The third kappa shape index (κ3) is 18.6. The second-order valence-electron chi connectivity index (χ2n) is 4.22. The Morgan fingerprint density at radius 1 is 1.08 bits per heavy atom. The van der Waals surface area contributed by atoms with Gasteiger partial charge in [-0.3, -0.25) is 0 Å². The summed E-state index contributed by atoms with van der Waals surface area (Å²) in [6.45, 7) is 19.5. The fourth-order valence-corrected chi connectivity index (χ4v) is 1.08. The summed E-state index contributed by atoms with van der Waals surface area (Å²) in [7, 11) is 3.17. The first-order valence-corrected chi connectivity index (χ1v) is 8.98. The van der Waals surface area contributed by atoms with Crippen LogP contribution < -0.4 is 4.74 Å². The number of ether oxygens (including phenoxy) is 2. The van der Waals surface area contributed by atoms with Gasteiger partial charge in [0.25, 0.3) is 0 Å². The largest absolute Gasteiger partial charge is 0.504 e. The number of unbranched alkanes of at least 4 members (excludes halogenated alkanes) is 1. The molecule has 0 saturated carbocycles. The molecule has 1 atom stereocenters. The van der Waals surface area contributed by atoms with E-state index in [1.807, 2.05) is 47.6 Å². The first kappa shape index (κ1) is 30.4. The quantitative estimate of drug-likeness (QED) is 0.590. The Morgan fingerprint density at radius 2 is 1.50 bits per heavy atom. The molecule has 0 saturated heterocycles. The highest BCUT2D eigenvalue weighted by molar-refractivity contribution is 5.42. The van der Waals surface area contributed by atoms with E-state index in [1.165, 1.54) is 20.0 Å². The maximum Gasteiger partial charge on any atom is 0.160 e. The van der Waals surface area contributed by atoms with Crippen LogP contribution in [0.1, 0.15) is 79.9 Å². The maximum absolute atomic E-state index is 9.32. The molecule has 0 radical (unpaired) electrons. The molecule has 1 N–H and O–H groups in total. The molecule has 1 rings (SSSR count). The van der Waals surface area contributed by atoms with Crippen molar-refractivity contribution in [3.8, 4) is 11.5 Å². The van der Waals surface area contributed by atoms with Crippen LogP contribution in [-0.4, -0.2) is 19.3 Å². The third-order valence-electron chi connectivity index (χ3n) is 2.53. The number of rotatable bonds is 4. The van der Waals surface area contributed by atoms with E-state index in [-0.39, 0.29) is 11.9 Å². The number of allylic oxidation sites excluding steroid dienone is 1. The highest BCUT2D eigenvalue weighted by Gasteiger charge is 2.07. The molecule has 0 spiro atoms. The lowest BCUT2D eigenvalue weighted by Gasteiger charge is -2.11. The van der Waals surface area contributed by atoms with Crippen molar-refractivity contribution in [2.45, 2.75) is 74.3 Å².